The Bertz CT molecular complexity index is 1790. The molecule has 10 nitrogen and oxygen atoms in total. The fraction of sp³-hybridized carbons (Fsp3) is 0.488. The van der Waals surface area contributed by atoms with Crippen molar-refractivity contribution in [1.82, 2.24) is 20.9 Å². The molecule has 4 unspecified atom stereocenters. The number of nitrogens with one attached hydrogen (secondary N) is 3. The van der Waals surface area contributed by atoms with Gasteiger partial charge in [0.2, 0.25) is 11.8 Å². The fourth-order valence-electron chi connectivity index (χ4n) is 8.87. The molecule has 280 valence electrons. The maximum Gasteiger partial charge on any atom is 0.408 e. The number of hydrogen-bond acceptors (Lipinski definition) is 6. The van der Waals surface area contributed by atoms with E-state index in [9.17, 15) is 19.2 Å². The second-order valence-corrected chi connectivity index (χ2v) is 16.1. The Morgan fingerprint density at radius 2 is 1.42 bits per heavy atom. The van der Waals surface area contributed by atoms with Gasteiger partial charge >= 0.3 is 12.2 Å². The quantitative estimate of drug-likeness (QED) is 0.227. The number of amides is 4. The molecule has 0 bridgehead atoms. The van der Waals surface area contributed by atoms with Crippen LogP contribution in [0.25, 0.3) is 11.1 Å². The van der Waals surface area contributed by atoms with Crippen LogP contribution < -0.4 is 16.0 Å². The molecule has 0 aromatic heterocycles. The predicted octanol–water partition coefficient (Wildman–Crippen LogP) is 7.16. The first-order valence-corrected chi connectivity index (χ1v) is 19.4. The van der Waals surface area contributed by atoms with Gasteiger partial charge in [0.15, 0.2) is 0 Å². The van der Waals surface area contributed by atoms with Gasteiger partial charge in [-0.1, -0.05) is 92.1 Å². The van der Waals surface area contributed by atoms with E-state index < -0.39 is 35.9 Å². The number of fused-ring (bicyclic) bond motifs is 4. The van der Waals surface area contributed by atoms with Crippen molar-refractivity contribution in [3.05, 3.63) is 95.1 Å². The Morgan fingerprint density at radius 3 is 2.09 bits per heavy atom. The van der Waals surface area contributed by atoms with Crippen LogP contribution in [0.2, 0.25) is 0 Å². The molecule has 1 saturated carbocycles. The van der Waals surface area contributed by atoms with Gasteiger partial charge in [-0.25, -0.2) is 9.59 Å². The Kier molecular flexibility index (Phi) is 10.8. The van der Waals surface area contributed by atoms with Crippen molar-refractivity contribution < 1.29 is 28.7 Å². The summed E-state index contributed by atoms with van der Waals surface area (Å²) in [7, 11) is 0. The molecule has 1 aliphatic heterocycles. The van der Waals surface area contributed by atoms with E-state index in [1.165, 1.54) is 5.56 Å². The maximum absolute atomic E-state index is 14.6. The Morgan fingerprint density at radius 1 is 0.774 bits per heavy atom. The molecule has 1 saturated heterocycles. The lowest BCUT2D eigenvalue weighted by Crippen LogP contribution is -2.57. The summed E-state index contributed by atoms with van der Waals surface area (Å²) >= 11 is 0. The fourth-order valence-corrected chi connectivity index (χ4v) is 8.87. The lowest BCUT2D eigenvalue weighted by Gasteiger charge is -2.35. The highest BCUT2D eigenvalue weighted by molar-refractivity contribution is 5.92. The highest BCUT2D eigenvalue weighted by Crippen LogP contribution is 2.44. The summed E-state index contributed by atoms with van der Waals surface area (Å²) in [5, 5.41) is 9.14. The SMILES string of the molecule is CC(C)(C)OC(=O)NC(C(=O)N1CC(NC(=O)OCC2c3ccccc3-c3ccccc32)CC1C(=O)NC1CCCc2ccccc21)C1CCCCC1. The van der Waals surface area contributed by atoms with Crippen molar-refractivity contribution in [1.29, 1.82) is 0 Å². The number of benzene rings is 3. The van der Waals surface area contributed by atoms with Crippen LogP contribution in [0.3, 0.4) is 0 Å². The molecule has 4 aliphatic rings. The van der Waals surface area contributed by atoms with E-state index in [4.69, 9.17) is 9.47 Å². The molecule has 53 heavy (non-hydrogen) atoms. The zero-order chi connectivity index (χ0) is 37.1. The normalized spacial score (nSPS) is 21.8. The lowest BCUT2D eigenvalue weighted by molar-refractivity contribution is -0.141. The average molecular weight is 721 g/mol. The third kappa shape index (κ3) is 8.21. The van der Waals surface area contributed by atoms with E-state index >= 15 is 0 Å². The summed E-state index contributed by atoms with van der Waals surface area (Å²) in [6.45, 7) is 5.63. The van der Waals surface area contributed by atoms with E-state index in [0.29, 0.717) is 0 Å². The van der Waals surface area contributed by atoms with Crippen LogP contribution in [0.15, 0.2) is 72.8 Å². The average Bonchev–Trinajstić information content (AvgIpc) is 3.72. The van der Waals surface area contributed by atoms with Gasteiger partial charge in [-0.3, -0.25) is 9.59 Å². The van der Waals surface area contributed by atoms with Crippen LogP contribution in [-0.4, -0.2) is 65.8 Å². The predicted molar refractivity (Wildman–Crippen MR) is 202 cm³/mol. The number of ether oxygens (including phenoxy) is 2. The highest BCUT2D eigenvalue weighted by Gasteiger charge is 2.45. The topological polar surface area (TPSA) is 126 Å². The number of carbonyl (C=O) groups is 4. The molecular formula is C43H52N4O6. The van der Waals surface area contributed by atoms with Crippen molar-refractivity contribution in [3.8, 4) is 11.1 Å². The molecule has 3 aromatic rings. The van der Waals surface area contributed by atoms with Crippen LogP contribution in [-0.2, 0) is 25.5 Å². The standard InChI is InChI=1S/C43H52N4O6/c1-43(2,3)53-42(51)46-38(28-15-5-4-6-16-28)40(49)47-25-29(24-37(47)39(48)45-36-23-13-17-27-14-7-8-18-30(27)36)44-41(50)52-26-35-33-21-11-9-19-31(33)32-20-10-12-22-34(32)35/h7-12,14,18-22,28-29,35-38H,4-6,13,15-17,23-26H2,1-3H3,(H,44,50)(H,45,48)(H,46,51). The van der Waals surface area contributed by atoms with Crippen molar-refractivity contribution in [2.75, 3.05) is 13.2 Å². The summed E-state index contributed by atoms with van der Waals surface area (Å²) in [5.41, 5.74) is 6.10. The number of rotatable bonds is 8. The highest BCUT2D eigenvalue weighted by atomic mass is 16.6. The first-order valence-electron chi connectivity index (χ1n) is 19.4. The summed E-state index contributed by atoms with van der Waals surface area (Å²) < 4.78 is 11.5. The van der Waals surface area contributed by atoms with Gasteiger partial charge in [0.25, 0.3) is 0 Å². The Balaban J connectivity index is 1.09. The summed E-state index contributed by atoms with van der Waals surface area (Å²) in [6, 6.07) is 22.1. The number of aryl methyl sites for hydroxylation is 1. The van der Waals surface area contributed by atoms with Gasteiger partial charge in [0, 0.05) is 12.5 Å². The van der Waals surface area contributed by atoms with Gasteiger partial charge in [0.1, 0.15) is 24.3 Å². The van der Waals surface area contributed by atoms with Crippen molar-refractivity contribution in [2.24, 2.45) is 5.92 Å². The first-order chi connectivity index (χ1) is 25.6. The second-order valence-electron chi connectivity index (χ2n) is 16.1. The van der Waals surface area contributed by atoms with Gasteiger partial charge in [-0.2, -0.15) is 0 Å². The molecule has 3 N–H and O–H groups in total. The van der Waals surface area contributed by atoms with E-state index in [0.717, 1.165) is 79.2 Å². The van der Waals surface area contributed by atoms with Crippen molar-refractivity contribution >= 4 is 24.0 Å². The van der Waals surface area contributed by atoms with Gasteiger partial charge < -0.3 is 30.3 Å². The van der Waals surface area contributed by atoms with Gasteiger partial charge in [-0.15, -0.1) is 0 Å². The second kappa shape index (κ2) is 15.6. The molecule has 7 rings (SSSR count). The van der Waals surface area contributed by atoms with Crippen molar-refractivity contribution in [3.63, 3.8) is 0 Å². The van der Waals surface area contributed by atoms with Gasteiger partial charge in [0.05, 0.1) is 12.1 Å². The smallest absolute Gasteiger partial charge is 0.408 e. The van der Waals surface area contributed by atoms with Crippen LogP contribution in [0.5, 0.6) is 0 Å². The summed E-state index contributed by atoms with van der Waals surface area (Å²) in [5.74, 6) is -0.783. The van der Waals surface area contributed by atoms with Crippen LogP contribution >= 0.6 is 0 Å². The molecule has 10 heteroatoms. The lowest BCUT2D eigenvalue weighted by atomic mass is 9.83. The Labute approximate surface area is 312 Å². The molecule has 3 aliphatic carbocycles. The third-order valence-corrected chi connectivity index (χ3v) is 11.3. The van der Waals surface area contributed by atoms with E-state index in [-0.39, 0.29) is 49.3 Å². The molecule has 0 spiro atoms. The Hall–Kier alpha value is -4.86. The van der Waals surface area contributed by atoms with Gasteiger partial charge in [-0.05, 0) is 98.6 Å². The summed E-state index contributed by atoms with van der Waals surface area (Å²) in [4.78, 5) is 57.0. The number of nitrogens with zero attached hydrogens (tertiary/aromatic N) is 1. The molecule has 1 heterocycles. The van der Waals surface area contributed by atoms with Crippen LogP contribution in [0, 0.1) is 5.92 Å². The van der Waals surface area contributed by atoms with Crippen LogP contribution in [0.4, 0.5) is 9.59 Å². The van der Waals surface area contributed by atoms with E-state index in [1.54, 1.807) is 25.7 Å². The zero-order valence-electron chi connectivity index (χ0n) is 31.1. The molecule has 0 radical (unpaired) electrons. The summed E-state index contributed by atoms with van der Waals surface area (Å²) in [6.07, 6.45) is 6.25. The molecule has 2 fully saturated rings. The minimum Gasteiger partial charge on any atom is -0.449 e. The van der Waals surface area contributed by atoms with Crippen LogP contribution in [0.1, 0.15) is 106 Å². The number of likely N-dealkylation sites (tertiary alicyclic amines) is 1. The molecule has 3 aromatic carbocycles. The minimum absolute atomic E-state index is 0.0909. The molecule has 4 atom stereocenters. The number of alkyl carbamates (subject to hydrolysis) is 2. The van der Waals surface area contributed by atoms with E-state index in [2.05, 4.69) is 52.3 Å². The minimum atomic E-state index is -0.857. The van der Waals surface area contributed by atoms with E-state index in [1.807, 2.05) is 36.4 Å². The maximum atomic E-state index is 14.6. The first kappa shape index (κ1) is 36.5. The number of hydrogen-bond donors (Lipinski definition) is 3. The van der Waals surface area contributed by atoms with Crippen molar-refractivity contribution in [2.45, 2.75) is 114 Å². The monoisotopic (exact) mass is 720 g/mol. The molecular weight excluding hydrogens is 668 g/mol. The molecule has 4 amide bonds. The largest absolute Gasteiger partial charge is 0.449 e. The number of carbonyl (C=O) groups excluding carboxylic acids is 4. The third-order valence-electron chi connectivity index (χ3n) is 11.3. The zero-order valence-corrected chi connectivity index (χ0v) is 31.1.